The smallest absolute Gasteiger partial charge is 0.261 e. The van der Waals surface area contributed by atoms with Crippen molar-refractivity contribution >= 4 is 28.9 Å². The van der Waals surface area contributed by atoms with Crippen molar-refractivity contribution in [2.45, 2.75) is 6.42 Å². The number of hydrogen-bond acceptors (Lipinski definition) is 2. The van der Waals surface area contributed by atoms with Crippen molar-refractivity contribution in [2.24, 2.45) is 0 Å². The van der Waals surface area contributed by atoms with Crippen LogP contribution in [0, 0.1) is 5.82 Å². The van der Waals surface area contributed by atoms with Crippen molar-refractivity contribution in [2.75, 3.05) is 17.2 Å². The van der Waals surface area contributed by atoms with Gasteiger partial charge in [-0.05, 0) is 30.2 Å². The third kappa shape index (κ3) is 1.93. The van der Waals surface area contributed by atoms with Crippen LogP contribution in [0.5, 0.6) is 0 Å². The van der Waals surface area contributed by atoms with E-state index in [-0.39, 0.29) is 10.6 Å². The number of nitrogen functional groups attached to an aromatic ring is 1. The molecule has 1 aliphatic heterocycles. The number of nitrogens with two attached hydrogens (primary N) is 1. The van der Waals surface area contributed by atoms with Crippen LogP contribution in [0.3, 0.4) is 0 Å². The van der Waals surface area contributed by atoms with Crippen LogP contribution >= 0.6 is 11.6 Å². The lowest BCUT2D eigenvalue weighted by Crippen LogP contribution is -2.30. The summed E-state index contributed by atoms with van der Waals surface area (Å²) in [7, 11) is 0. The standard InChI is InChI=1S/C15H12ClFN2O/c16-11-5-2-4-10(13(11)17)15(20)19-8-7-9-3-1-6-12(18)14(9)19/h1-6H,7-8,18H2. The van der Waals surface area contributed by atoms with Gasteiger partial charge in [0.1, 0.15) is 0 Å². The average Bonchev–Trinajstić information content (AvgIpc) is 2.86. The summed E-state index contributed by atoms with van der Waals surface area (Å²) in [5, 5.41) is -0.0590. The topological polar surface area (TPSA) is 46.3 Å². The van der Waals surface area contributed by atoms with E-state index in [4.69, 9.17) is 17.3 Å². The summed E-state index contributed by atoms with van der Waals surface area (Å²) in [6.07, 6.45) is 0.717. The van der Waals surface area contributed by atoms with Crippen LogP contribution in [-0.4, -0.2) is 12.5 Å². The lowest BCUT2D eigenvalue weighted by molar-refractivity contribution is 0.0985. The van der Waals surface area contributed by atoms with Crippen molar-refractivity contribution in [3.63, 3.8) is 0 Å². The molecule has 0 radical (unpaired) electrons. The number of hydrogen-bond donors (Lipinski definition) is 1. The van der Waals surface area contributed by atoms with Crippen LogP contribution in [0.15, 0.2) is 36.4 Å². The molecule has 0 aromatic heterocycles. The highest BCUT2D eigenvalue weighted by atomic mass is 35.5. The van der Waals surface area contributed by atoms with Gasteiger partial charge in [-0.15, -0.1) is 0 Å². The van der Waals surface area contributed by atoms with Crippen molar-refractivity contribution in [3.05, 3.63) is 58.4 Å². The number of rotatable bonds is 1. The minimum atomic E-state index is -0.692. The molecule has 0 saturated carbocycles. The Bertz CT molecular complexity index is 702. The number of halogens is 2. The molecule has 1 amide bonds. The fraction of sp³-hybridized carbons (Fsp3) is 0.133. The third-order valence-electron chi connectivity index (χ3n) is 3.45. The Morgan fingerprint density at radius 1 is 1.25 bits per heavy atom. The van der Waals surface area contributed by atoms with Crippen molar-refractivity contribution in [3.8, 4) is 0 Å². The minimum absolute atomic E-state index is 0.0337. The summed E-state index contributed by atoms with van der Waals surface area (Å²) < 4.78 is 14.0. The van der Waals surface area contributed by atoms with Crippen molar-refractivity contribution in [1.29, 1.82) is 0 Å². The second-order valence-electron chi connectivity index (χ2n) is 4.66. The van der Waals surface area contributed by atoms with Crippen LogP contribution in [-0.2, 0) is 6.42 Å². The van der Waals surface area contributed by atoms with Gasteiger partial charge in [0.25, 0.3) is 5.91 Å². The van der Waals surface area contributed by atoms with Gasteiger partial charge in [0.2, 0.25) is 0 Å². The fourth-order valence-corrected chi connectivity index (χ4v) is 2.68. The van der Waals surface area contributed by atoms with Crippen molar-refractivity contribution < 1.29 is 9.18 Å². The van der Waals surface area contributed by atoms with Gasteiger partial charge in [-0.1, -0.05) is 29.8 Å². The molecular formula is C15H12ClFN2O. The molecule has 0 atom stereocenters. The normalized spacial score (nSPS) is 13.4. The van der Waals surface area contributed by atoms with Crippen molar-refractivity contribution in [1.82, 2.24) is 0 Å². The lowest BCUT2D eigenvalue weighted by atomic mass is 10.1. The van der Waals surface area contributed by atoms with E-state index in [1.807, 2.05) is 12.1 Å². The number of carbonyl (C=O) groups excluding carboxylic acids is 1. The van der Waals surface area contributed by atoms with Gasteiger partial charge in [0.05, 0.1) is 22.0 Å². The Morgan fingerprint density at radius 3 is 2.80 bits per heavy atom. The van der Waals surface area contributed by atoms with E-state index in [9.17, 15) is 9.18 Å². The van der Waals surface area contributed by atoms with Gasteiger partial charge >= 0.3 is 0 Å². The highest BCUT2D eigenvalue weighted by Crippen LogP contribution is 2.35. The van der Waals surface area contributed by atoms with E-state index in [0.717, 1.165) is 5.56 Å². The largest absolute Gasteiger partial charge is 0.397 e. The highest BCUT2D eigenvalue weighted by molar-refractivity contribution is 6.31. The van der Waals surface area contributed by atoms with Gasteiger partial charge in [-0.2, -0.15) is 0 Å². The first kappa shape index (κ1) is 12.9. The Balaban J connectivity index is 2.04. The van der Waals surface area contributed by atoms with Gasteiger partial charge < -0.3 is 10.6 Å². The van der Waals surface area contributed by atoms with Crippen LogP contribution in [0.25, 0.3) is 0 Å². The summed E-state index contributed by atoms with van der Waals surface area (Å²) in [6.45, 7) is 0.494. The second kappa shape index (κ2) is 4.80. The molecule has 0 unspecified atom stereocenters. The van der Waals surface area contributed by atoms with E-state index in [2.05, 4.69) is 0 Å². The van der Waals surface area contributed by atoms with Crippen LogP contribution < -0.4 is 10.6 Å². The monoisotopic (exact) mass is 290 g/mol. The predicted molar refractivity (Wildman–Crippen MR) is 77.6 cm³/mol. The van der Waals surface area contributed by atoms with E-state index in [0.29, 0.717) is 24.3 Å². The zero-order valence-corrected chi connectivity index (χ0v) is 11.3. The number of nitrogens with zero attached hydrogens (tertiary/aromatic N) is 1. The Morgan fingerprint density at radius 2 is 2.00 bits per heavy atom. The molecule has 2 aromatic carbocycles. The first-order valence-corrected chi connectivity index (χ1v) is 6.60. The summed E-state index contributed by atoms with van der Waals surface area (Å²) in [5.41, 5.74) is 8.10. The molecule has 0 fully saturated rings. The highest BCUT2D eigenvalue weighted by Gasteiger charge is 2.29. The first-order chi connectivity index (χ1) is 9.59. The molecule has 2 N–H and O–H groups in total. The maximum Gasteiger partial charge on any atom is 0.261 e. The van der Waals surface area contributed by atoms with Crippen LogP contribution in [0.2, 0.25) is 5.02 Å². The third-order valence-corrected chi connectivity index (χ3v) is 3.74. The number of amides is 1. The molecule has 20 heavy (non-hydrogen) atoms. The molecule has 5 heteroatoms. The van der Waals surface area contributed by atoms with Gasteiger partial charge in [-0.25, -0.2) is 4.39 Å². The lowest BCUT2D eigenvalue weighted by Gasteiger charge is -2.19. The molecule has 0 spiro atoms. The quantitative estimate of drug-likeness (QED) is 0.819. The predicted octanol–water partition coefficient (Wildman–Crippen LogP) is 3.26. The zero-order chi connectivity index (χ0) is 14.3. The molecule has 2 aromatic rings. The molecule has 3 rings (SSSR count). The molecule has 1 heterocycles. The minimum Gasteiger partial charge on any atom is -0.397 e. The van der Waals surface area contributed by atoms with Crippen LogP contribution in [0.4, 0.5) is 15.8 Å². The second-order valence-corrected chi connectivity index (χ2v) is 5.07. The number of benzene rings is 2. The molecule has 0 aliphatic carbocycles. The van der Waals surface area contributed by atoms with E-state index < -0.39 is 11.7 Å². The molecule has 102 valence electrons. The molecule has 1 aliphatic rings. The van der Waals surface area contributed by atoms with E-state index >= 15 is 0 Å². The Labute approximate surface area is 120 Å². The Hall–Kier alpha value is -2.07. The summed E-state index contributed by atoms with van der Waals surface area (Å²) in [6, 6.07) is 9.92. The summed E-state index contributed by atoms with van der Waals surface area (Å²) in [4.78, 5) is 14.0. The number of para-hydroxylation sites is 1. The molecular weight excluding hydrogens is 279 g/mol. The molecule has 0 saturated heterocycles. The number of carbonyl (C=O) groups is 1. The first-order valence-electron chi connectivity index (χ1n) is 6.23. The molecule has 0 bridgehead atoms. The summed E-state index contributed by atoms with van der Waals surface area (Å²) in [5.74, 6) is -1.11. The summed E-state index contributed by atoms with van der Waals surface area (Å²) >= 11 is 5.73. The number of fused-ring (bicyclic) bond motifs is 1. The number of anilines is 2. The SMILES string of the molecule is Nc1cccc2c1N(C(=O)c1cccc(Cl)c1F)CC2. The van der Waals surface area contributed by atoms with Gasteiger partial charge in [0.15, 0.2) is 5.82 Å². The maximum absolute atomic E-state index is 14.0. The van der Waals surface area contributed by atoms with Crippen LogP contribution in [0.1, 0.15) is 15.9 Å². The van der Waals surface area contributed by atoms with Gasteiger partial charge in [-0.3, -0.25) is 4.79 Å². The van der Waals surface area contributed by atoms with E-state index in [1.54, 1.807) is 12.1 Å². The fourth-order valence-electron chi connectivity index (χ4n) is 2.50. The van der Waals surface area contributed by atoms with Gasteiger partial charge in [0, 0.05) is 6.54 Å². The average molecular weight is 291 g/mol. The maximum atomic E-state index is 14.0. The van der Waals surface area contributed by atoms with E-state index in [1.165, 1.54) is 17.0 Å². The molecule has 3 nitrogen and oxygen atoms in total. The Kier molecular flexibility index (Phi) is 3.10. The zero-order valence-electron chi connectivity index (χ0n) is 10.6.